The molecule has 4 nitrogen and oxygen atoms in total. The number of carbonyl (C=O) groups excluding carboxylic acids is 2. The second-order valence-electron chi connectivity index (χ2n) is 8.09. The summed E-state index contributed by atoms with van der Waals surface area (Å²) in [5.41, 5.74) is 0.287. The molecule has 2 aromatic rings. The molecule has 2 heterocycles. The maximum atomic E-state index is 13.2. The van der Waals surface area contributed by atoms with Crippen molar-refractivity contribution >= 4 is 23.4 Å². The first-order valence-electron chi connectivity index (χ1n) is 10.2. The van der Waals surface area contributed by atoms with Crippen molar-refractivity contribution in [2.45, 2.75) is 37.4 Å². The van der Waals surface area contributed by atoms with Crippen LogP contribution in [-0.4, -0.2) is 41.8 Å². The number of amides is 2. The standard InChI is InChI=1S/C23H22ClF3N2O2/c1-28-21(31)16-6-4-8-18(24)20(16)22(28)11-13-29(14-12-22)19(30)10-9-15-5-2-3-7-17(15)23(25,26)27/h2-8H,9-14H2,1H3. The molecule has 1 fully saturated rings. The van der Waals surface area contributed by atoms with E-state index in [1.54, 1.807) is 41.1 Å². The van der Waals surface area contributed by atoms with E-state index >= 15 is 0 Å². The van der Waals surface area contributed by atoms with Gasteiger partial charge in [0.15, 0.2) is 0 Å². The summed E-state index contributed by atoms with van der Waals surface area (Å²) in [5, 5.41) is 0.540. The van der Waals surface area contributed by atoms with E-state index in [0.29, 0.717) is 36.5 Å². The first-order chi connectivity index (χ1) is 14.6. The molecule has 2 amide bonds. The van der Waals surface area contributed by atoms with E-state index < -0.39 is 17.3 Å². The van der Waals surface area contributed by atoms with Crippen LogP contribution in [0.4, 0.5) is 13.2 Å². The fraction of sp³-hybridized carbons (Fsp3) is 0.391. The van der Waals surface area contributed by atoms with E-state index in [1.165, 1.54) is 12.1 Å². The number of piperidine rings is 1. The van der Waals surface area contributed by atoms with Gasteiger partial charge in [-0.25, -0.2) is 0 Å². The molecule has 0 aromatic heterocycles. The fourth-order valence-electron chi connectivity index (χ4n) is 4.84. The summed E-state index contributed by atoms with van der Waals surface area (Å²) in [6.07, 6.45) is -3.33. The minimum atomic E-state index is -4.44. The summed E-state index contributed by atoms with van der Waals surface area (Å²) in [6, 6.07) is 10.6. The molecule has 2 aliphatic heterocycles. The van der Waals surface area contributed by atoms with Gasteiger partial charge in [0.25, 0.3) is 5.91 Å². The minimum absolute atomic E-state index is 0.00616. The van der Waals surface area contributed by atoms with Gasteiger partial charge in [0, 0.05) is 42.7 Å². The molecule has 0 unspecified atom stereocenters. The van der Waals surface area contributed by atoms with Crippen molar-refractivity contribution in [3.63, 3.8) is 0 Å². The number of likely N-dealkylation sites (tertiary alicyclic amines) is 1. The normalized spacial score (nSPS) is 17.9. The summed E-state index contributed by atoms with van der Waals surface area (Å²) in [5.74, 6) is -0.265. The number of rotatable bonds is 3. The molecule has 0 N–H and O–H groups in total. The SMILES string of the molecule is CN1C(=O)c2cccc(Cl)c2C12CCN(C(=O)CCc1ccccc1C(F)(F)F)CC2. The van der Waals surface area contributed by atoms with Crippen LogP contribution in [0.2, 0.25) is 5.02 Å². The van der Waals surface area contributed by atoms with Gasteiger partial charge in [-0.3, -0.25) is 9.59 Å². The number of carbonyl (C=O) groups is 2. The van der Waals surface area contributed by atoms with Crippen LogP contribution in [0.5, 0.6) is 0 Å². The lowest BCUT2D eigenvalue weighted by molar-refractivity contribution is -0.139. The smallest absolute Gasteiger partial charge is 0.342 e. The number of fused-ring (bicyclic) bond motifs is 2. The second-order valence-corrected chi connectivity index (χ2v) is 8.50. The van der Waals surface area contributed by atoms with E-state index in [-0.39, 0.29) is 30.2 Å². The van der Waals surface area contributed by atoms with E-state index in [0.717, 1.165) is 11.6 Å². The Morgan fingerprint density at radius 3 is 2.45 bits per heavy atom. The van der Waals surface area contributed by atoms with Gasteiger partial charge < -0.3 is 9.80 Å². The molecule has 2 aromatic carbocycles. The van der Waals surface area contributed by atoms with Gasteiger partial charge >= 0.3 is 6.18 Å². The molecule has 2 aliphatic rings. The topological polar surface area (TPSA) is 40.6 Å². The van der Waals surface area contributed by atoms with Crippen molar-refractivity contribution in [1.29, 1.82) is 0 Å². The molecule has 0 atom stereocenters. The minimum Gasteiger partial charge on any atom is -0.342 e. The average Bonchev–Trinajstić information content (AvgIpc) is 2.95. The Balaban J connectivity index is 1.45. The quantitative estimate of drug-likeness (QED) is 0.667. The summed E-state index contributed by atoms with van der Waals surface area (Å²) in [6.45, 7) is 0.837. The predicted molar refractivity (Wildman–Crippen MR) is 111 cm³/mol. The van der Waals surface area contributed by atoms with Crippen LogP contribution in [0.1, 0.15) is 46.3 Å². The number of benzene rings is 2. The van der Waals surface area contributed by atoms with Gasteiger partial charge in [0.1, 0.15) is 0 Å². The Labute approximate surface area is 183 Å². The third-order valence-electron chi connectivity index (χ3n) is 6.53. The Morgan fingerprint density at radius 1 is 1.10 bits per heavy atom. The third kappa shape index (κ3) is 3.69. The van der Waals surface area contributed by atoms with Crippen LogP contribution in [0, 0.1) is 0 Å². The van der Waals surface area contributed by atoms with Gasteiger partial charge in [-0.15, -0.1) is 0 Å². The number of hydrogen-bond donors (Lipinski definition) is 0. The molecular weight excluding hydrogens is 429 g/mol. The Kier molecular flexibility index (Phi) is 5.50. The Hall–Kier alpha value is -2.54. The van der Waals surface area contributed by atoms with E-state index in [2.05, 4.69) is 0 Å². The lowest BCUT2D eigenvalue weighted by Gasteiger charge is -2.44. The predicted octanol–water partition coefficient (Wildman–Crippen LogP) is 4.89. The number of aryl methyl sites for hydroxylation is 1. The van der Waals surface area contributed by atoms with Gasteiger partial charge in [-0.05, 0) is 43.0 Å². The zero-order chi connectivity index (χ0) is 22.4. The molecular formula is C23H22ClF3N2O2. The number of halogens is 4. The first kappa shape index (κ1) is 21.7. The average molecular weight is 451 g/mol. The summed E-state index contributed by atoms with van der Waals surface area (Å²) in [7, 11) is 1.75. The summed E-state index contributed by atoms with van der Waals surface area (Å²) >= 11 is 6.44. The van der Waals surface area contributed by atoms with Crippen LogP contribution >= 0.6 is 11.6 Å². The first-order valence-corrected chi connectivity index (χ1v) is 10.5. The molecule has 8 heteroatoms. The monoisotopic (exact) mass is 450 g/mol. The fourth-order valence-corrected chi connectivity index (χ4v) is 5.19. The highest BCUT2D eigenvalue weighted by Crippen LogP contribution is 2.48. The van der Waals surface area contributed by atoms with Crippen molar-refractivity contribution in [3.05, 3.63) is 69.7 Å². The van der Waals surface area contributed by atoms with Crippen molar-refractivity contribution in [3.8, 4) is 0 Å². The van der Waals surface area contributed by atoms with Crippen molar-refractivity contribution in [1.82, 2.24) is 9.80 Å². The zero-order valence-corrected chi connectivity index (χ0v) is 17.8. The molecule has 0 radical (unpaired) electrons. The molecule has 0 bridgehead atoms. The maximum Gasteiger partial charge on any atom is 0.416 e. The maximum absolute atomic E-state index is 13.2. The largest absolute Gasteiger partial charge is 0.416 e. The Bertz CT molecular complexity index is 1030. The van der Waals surface area contributed by atoms with E-state index in [4.69, 9.17) is 11.6 Å². The Morgan fingerprint density at radius 2 is 1.77 bits per heavy atom. The highest BCUT2D eigenvalue weighted by atomic mass is 35.5. The van der Waals surface area contributed by atoms with Crippen LogP contribution in [0.25, 0.3) is 0 Å². The summed E-state index contributed by atoms with van der Waals surface area (Å²) < 4.78 is 39.5. The van der Waals surface area contributed by atoms with Gasteiger partial charge in [0.2, 0.25) is 5.91 Å². The van der Waals surface area contributed by atoms with Crippen LogP contribution in [0.15, 0.2) is 42.5 Å². The lowest BCUT2D eigenvalue weighted by atomic mass is 9.80. The summed E-state index contributed by atoms with van der Waals surface area (Å²) in [4.78, 5) is 28.8. The van der Waals surface area contributed by atoms with Gasteiger partial charge in [-0.2, -0.15) is 13.2 Å². The molecule has 4 rings (SSSR count). The number of alkyl halides is 3. The van der Waals surface area contributed by atoms with Gasteiger partial charge in [-0.1, -0.05) is 35.9 Å². The highest BCUT2D eigenvalue weighted by molar-refractivity contribution is 6.32. The van der Waals surface area contributed by atoms with Gasteiger partial charge in [0.05, 0.1) is 11.1 Å². The van der Waals surface area contributed by atoms with Crippen molar-refractivity contribution < 1.29 is 22.8 Å². The molecule has 1 saturated heterocycles. The number of nitrogens with zero attached hydrogens (tertiary/aromatic N) is 2. The van der Waals surface area contributed by atoms with Crippen LogP contribution in [-0.2, 0) is 22.9 Å². The number of hydrogen-bond acceptors (Lipinski definition) is 2. The molecule has 164 valence electrons. The molecule has 0 saturated carbocycles. The van der Waals surface area contributed by atoms with E-state index in [9.17, 15) is 22.8 Å². The van der Waals surface area contributed by atoms with Crippen LogP contribution in [0.3, 0.4) is 0 Å². The van der Waals surface area contributed by atoms with Crippen molar-refractivity contribution in [2.24, 2.45) is 0 Å². The molecule has 31 heavy (non-hydrogen) atoms. The van der Waals surface area contributed by atoms with Crippen molar-refractivity contribution in [2.75, 3.05) is 20.1 Å². The molecule has 1 spiro atoms. The zero-order valence-electron chi connectivity index (χ0n) is 17.0. The third-order valence-corrected chi connectivity index (χ3v) is 6.85. The molecule has 0 aliphatic carbocycles. The lowest BCUT2D eigenvalue weighted by Crippen LogP contribution is -2.51. The van der Waals surface area contributed by atoms with E-state index in [1.807, 2.05) is 0 Å². The second kappa shape index (κ2) is 7.86. The van der Waals surface area contributed by atoms with Crippen LogP contribution < -0.4 is 0 Å². The highest BCUT2D eigenvalue weighted by Gasteiger charge is 2.50.